The van der Waals surface area contributed by atoms with E-state index >= 15 is 0 Å². The lowest BCUT2D eigenvalue weighted by molar-refractivity contribution is -0.132. The van der Waals surface area contributed by atoms with Gasteiger partial charge in [0.15, 0.2) is 0 Å². The van der Waals surface area contributed by atoms with E-state index in [9.17, 15) is 17.6 Å². The number of amides is 1. The molecular weight excluding hydrogens is 331 g/mol. The monoisotopic (exact) mass is 356 g/mol. The summed E-state index contributed by atoms with van der Waals surface area (Å²) in [6, 6.07) is 6.55. The molecule has 7 heteroatoms. The molecule has 0 spiro atoms. The Balaban J connectivity index is 1.76. The third-order valence-corrected chi connectivity index (χ3v) is 5.06. The molecule has 0 aromatic heterocycles. The Kier molecular flexibility index (Phi) is 6.74. The second kappa shape index (κ2) is 8.58. The highest BCUT2D eigenvalue weighted by Gasteiger charge is 2.23. The van der Waals surface area contributed by atoms with Gasteiger partial charge in [0.2, 0.25) is 15.9 Å². The maximum Gasteiger partial charge on any atom is 0.223 e. The molecule has 24 heavy (non-hydrogen) atoms. The number of hydrogen-bond acceptors (Lipinski definition) is 3. The number of sulfonamides is 1. The van der Waals surface area contributed by atoms with Gasteiger partial charge in [-0.1, -0.05) is 12.1 Å². The molecule has 2 rings (SSSR count). The molecule has 1 fully saturated rings. The van der Waals surface area contributed by atoms with Gasteiger partial charge in [0.05, 0.1) is 6.26 Å². The lowest BCUT2D eigenvalue weighted by Crippen LogP contribution is -2.41. The van der Waals surface area contributed by atoms with Crippen molar-refractivity contribution in [1.82, 2.24) is 9.62 Å². The van der Waals surface area contributed by atoms with Crippen LogP contribution in [0.4, 0.5) is 4.39 Å². The van der Waals surface area contributed by atoms with Crippen LogP contribution in [0.5, 0.6) is 0 Å². The third-order valence-electron chi connectivity index (χ3n) is 4.33. The molecule has 0 bridgehead atoms. The van der Waals surface area contributed by atoms with Crippen LogP contribution in [0, 0.1) is 11.7 Å². The average molecular weight is 356 g/mol. The SMILES string of the molecule is CS(=O)(=O)NCCC(=O)N1CCC[C@H](CCc2ccc(F)cc2)C1. The normalized spacial score (nSPS) is 18.6. The number of nitrogens with zero attached hydrogens (tertiary/aromatic N) is 1. The summed E-state index contributed by atoms with van der Waals surface area (Å²) in [5, 5.41) is 0. The minimum Gasteiger partial charge on any atom is -0.342 e. The summed E-state index contributed by atoms with van der Waals surface area (Å²) in [5.41, 5.74) is 1.11. The molecule has 1 aromatic rings. The van der Waals surface area contributed by atoms with Crippen LogP contribution in [0.25, 0.3) is 0 Å². The first kappa shape index (κ1) is 18.9. The lowest BCUT2D eigenvalue weighted by Gasteiger charge is -2.33. The standard InChI is InChI=1S/C17H25FN2O3S/c1-24(22,23)19-11-10-17(21)20-12-2-3-15(13-20)5-4-14-6-8-16(18)9-7-14/h6-9,15,19H,2-5,10-13H2,1H3/t15-/m1/s1. The molecule has 1 aliphatic heterocycles. The van der Waals surface area contributed by atoms with Crippen LogP contribution < -0.4 is 4.72 Å². The molecule has 134 valence electrons. The van der Waals surface area contributed by atoms with Crippen molar-refractivity contribution in [2.45, 2.75) is 32.1 Å². The van der Waals surface area contributed by atoms with Crippen molar-refractivity contribution in [2.75, 3.05) is 25.9 Å². The molecule has 1 aromatic carbocycles. The van der Waals surface area contributed by atoms with Crippen molar-refractivity contribution >= 4 is 15.9 Å². The fourth-order valence-corrected chi connectivity index (χ4v) is 3.52. The molecule has 0 radical (unpaired) electrons. The number of piperidine rings is 1. The van der Waals surface area contributed by atoms with Gasteiger partial charge in [-0.25, -0.2) is 17.5 Å². The molecule has 1 saturated heterocycles. The first-order valence-electron chi connectivity index (χ1n) is 8.30. The quantitative estimate of drug-likeness (QED) is 0.812. The van der Waals surface area contributed by atoms with Crippen LogP contribution in [0.1, 0.15) is 31.2 Å². The van der Waals surface area contributed by atoms with E-state index in [4.69, 9.17) is 0 Å². The molecule has 1 atom stereocenters. The number of carbonyl (C=O) groups excluding carboxylic acids is 1. The lowest BCUT2D eigenvalue weighted by atomic mass is 9.91. The number of rotatable bonds is 7. The van der Waals surface area contributed by atoms with Gasteiger partial charge in [-0.05, 0) is 49.3 Å². The molecule has 5 nitrogen and oxygen atoms in total. The van der Waals surface area contributed by atoms with Crippen molar-refractivity contribution in [3.05, 3.63) is 35.6 Å². The number of halogens is 1. The van der Waals surface area contributed by atoms with Crippen LogP contribution in [0.3, 0.4) is 0 Å². The summed E-state index contributed by atoms with van der Waals surface area (Å²) in [4.78, 5) is 14.0. The zero-order valence-corrected chi connectivity index (χ0v) is 14.8. The van der Waals surface area contributed by atoms with Crippen LogP contribution in [0.2, 0.25) is 0 Å². The number of hydrogen-bond donors (Lipinski definition) is 1. The van der Waals surface area contributed by atoms with Crippen LogP contribution in [0.15, 0.2) is 24.3 Å². The third kappa shape index (κ3) is 6.57. The van der Waals surface area contributed by atoms with Gasteiger partial charge in [0.1, 0.15) is 5.82 Å². The van der Waals surface area contributed by atoms with Gasteiger partial charge in [-0.15, -0.1) is 0 Å². The summed E-state index contributed by atoms with van der Waals surface area (Å²) in [5.74, 6) is 0.212. The number of likely N-dealkylation sites (tertiary alicyclic amines) is 1. The number of benzene rings is 1. The van der Waals surface area contributed by atoms with E-state index in [2.05, 4.69) is 4.72 Å². The fraction of sp³-hybridized carbons (Fsp3) is 0.588. The molecule has 1 aliphatic rings. The van der Waals surface area contributed by atoms with Crippen molar-refractivity contribution in [3.63, 3.8) is 0 Å². The average Bonchev–Trinajstić information content (AvgIpc) is 2.53. The molecule has 1 heterocycles. The first-order valence-corrected chi connectivity index (χ1v) is 10.2. The van der Waals surface area contributed by atoms with Crippen molar-refractivity contribution in [3.8, 4) is 0 Å². The topological polar surface area (TPSA) is 66.5 Å². The maximum absolute atomic E-state index is 12.9. The van der Waals surface area contributed by atoms with Crippen LogP contribution in [-0.4, -0.2) is 45.1 Å². The molecule has 1 amide bonds. The highest BCUT2D eigenvalue weighted by atomic mass is 32.2. The van der Waals surface area contributed by atoms with E-state index in [0.717, 1.165) is 50.6 Å². The smallest absolute Gasteiger partial charge is 0.223 e. The highest BCUT2D eigenvalue weighted by molar-refractivity contribution is 7.88. The molecule has 0 unspecified atom stereocenters. The largest absolute Gasteiger partial charge is 0.342 e. The summed E-state index contributed by atoms with van der Waals surface area (Å²) in [6.07, 6.45) is 5.19. The summed E-state index contributed by atoms with van der Waals surface area (Å²) in [6.45, 7) is 1.61. The molecular formula is C17H25FN2O3S. The minimum absolute atomic E-state index is 0.00219. The van der Waals surface area contributed by atoms with Crippen molar-refractivity contribution in [1.29, 1.82) is 0 Å². The second-order valence-corrected chi connectivity index (χ2v) is 8.26. The van der Waals surface area contributed by atoms with Crippen molar-refractivity contribution < 1.29 is 17.6 Å². The Hall–Kier alpha value is -1.47. The number of aryl methyl sites for hydroxylation is 1. The van der Waals surface area contributed by atoms with Gasteiger partial charge in [0.25, 0.3) is 0 Å². The summed E-state index contributed by atoms with van der Waals surface area (Å²) < 4.78 is 37.3. The molecule has 0 saturated carbocycles. The maximum atomic E-state index is 12.9. The van der Waals surface area contributed by atoms with Gasteiger partial charge in [-0.3, -0.25) is 4.79 Å². The zero-order valence-electron chi connectivity index (χ0n) is 14.0. The van der Waals surface area contributed by atoms with Crippen LogP contribution >= 0.6 is 0 Å². The van der Waals surface area contributed by atoms with Gasteiger partial charge in [-0.2, -0.15) is 0 Å². The van der Waals surface area contributed by atoms with Crippen molar-refractivity contribution in [2.24, 2.45) is 5.92 Å². The second-order valence-electron chi connectivity index (χ2n) is 6.43. The Morgan fingerprint density at radius 2 is 2.04 bits per heavy atom. The van der Waals surface area contributed by atoms with E-state index in [-0.39, 0.29) is 24.7 Å². The zero-order chi connectivity index (χ0) is 17.6. The first-order chi connectivity index (χ1) is 11.3. The predicted octanol–water partition coefficient (Wildman–Crippen LogP) is 1.94. The van der Waals surface area contributed by atoms with Crippen LogP contribution in [-0.2, 0) is 21.2 Å². The fourth-order valence-electron chi connectivity index (χ4n) is 3.05. The predicted molar refractivity (Wildman–Crippen MR) is 91.5 cm³/mol. The van der Waals surface area contributed by atoms with E-state index in [1.54, 1.807) is 12.1 Å². The summed E-state index contributed by atoms with van der Waals surface area (Å²) in [7, 11) is -3.25. The summed E-state index contributed by atoms with van der Waals surface area (Å²) >= 11 is 0. The molecule has 1 N–H and O–H groups in total. The Morgan fingerprint density at radius 3 is 2.71 bits per heavy atom. The van der Waals surface area contributed by atoms with E-state index < -0.39 is 10.0 Å². The van der Waals surface area contributed by atoms with Gasteiger partial charge < -0.3 is 4.90 Å². The Bertz CT molecular complexity index is 646. The van der Waals surface area contributed by atoms with E-state index in [0.29, 0.717) is 5.92 Å². The Labute approximate surface area is 143 Å². The molecule has 0 aliphatic carbocycles. The van der Waals surface area contributed by atoms with E-state index in [1.165, 1.54) is 12.1 Å². The highest BCUT2D eigenvalue weighted by Crippen LogP contribution is 2.22. The minimum atomic E-state index is -3.25. The van der Waals surface area contributed by atoms with Gasteiger partial charge in [0, 0.05) is 26.1 Å². The van der Waals surface area contributed by atoms with E-state index in [1.807, 2.05) is 4.90 Å². The number of nitrogens with one attached hydrogen (secondary N) is 1. The Morgan fingerprint density at radius 1 is 1.33 bits per heavy atom. The van der Waals surface area contributed by atoms with Gasteiger partial charge >= 0.3 is 0 Å². The number of carbonyl (C=O) groups is 1.